The van der Waals surface area contributed by atoms with Crippen LogP contribution in [-0.2, 0) is 4.74 Å². The van der Waals surface area contributed by atoms with Gasteiger partial charge in [0, 0.05) is 12.8 Å². The molecule has 2 aromatic rings. The van der Waals surface area contributed by atoms with Crippen molar-refractivity contribution in [3.8, 4) is 5.75 Å². The molecule has 0 radical (unpaired) electrons. The van der Waals surface area contributed by atoms with E-state index < -0.39 is 18.0 Å². The average molecular weight is 400 g/mol. The van der Waals surface area contributed by atoms with Crippen molar-refractivity contribution >= 4 is 23.2 Å². The monoisotopic (exact) mass is 399 g/mol. The van der Waals surface area contributed by atoms with Gasteiger partial charge in [0.25, 0.3) is 0 Å². The zero-order valence-corrected chi connectivity index (χ0v) is 15.5. The molecule has 2 atom stereocenters. The summed E-state index contributed by atoms with van der Waals surface area (Å²) in [5.74, 6) is -0.370. The first-order chi connectivity index (χ1) is 12.5. The molecule has 0 unspecified atom stereocenters. The van der Waals surface area contributed by atoms with Crippen molar-refractivity contribution in [2.75, 3.05) is 13.2 Å². The van der Waals surface area contributed by atoms with Crippen molar-refractivity contribution in [3.05, 3.63) is 63.4 Å². The maximum atomic E-state index is 14.4. The molecule has 26 heavy (non-hydrogen) atoms. The molecule has 0 saturated carbocycles. The zero-order valence-electron chi connectivity index (χ0n) is 14.0. The summed E-state index contributed by atoms with van der Waals surface area (Å²) in [6.45, 7) is 1.23. The summed E-state index contributed by atoms with van der Waals surface area (Å²) in [5, 5.41) is 11.3. The van der Waals surface area contributed by atoms with Crippen molar-refractivity contribution in [3.63, 3.8) is 0 Å². The van der Waals surface area contributed by atoms with Crippen LogP contribution in [0.3, 0.4) is 0 Å². The molecule has 7 heteroatoms. The fourth-order valence-electron chi connectivity index (χ4n) is 2.88. The van der Waals surface area contributed by atoms with E-state index in [0.29, 0.717) is 34.4 Å². The lowest BCUT2D eigenvalue weighted by atomic mass is 9.96. The minimum absolute atomic E-state index is 0.0625. The van der Waals surface area contributed by atoms with E-state index in [-0.39, 0.29) is 11.9 Å². The fourth-order valence-corrected chi connectivity index (χ4v) is 3.19. The van der Waals surface area contributed by atoms with Gasteiger partial charge in [-0.25, -0.2) is 4.39 Å². The summed E-state index contributed by atoms with van der Waals surface area (Å²) in [6, 6.07) is 8.49. The van der Waals surface area contributed by atoms with Crippen LogP contribution in [0.1, 0.15) is 36.1 Å². The van der Waals surface area contributed by atoms with Crippen molar-refractivity contribution < 1.29 is 19.0 Å². The largest absolute Gasteiger partial charge is 0.487 e. The van der Waals surface area contributed by atoms with E-state index in [0.717, 1.165) is 12.8 Å². The van der Waals surface area contributed by atoms with E-state index in [1.54, 1.807) is 24.3 Å². The second-order valence-electron chi connectivity index (χ2n) is 6.26. The van der Waals surface area contributed by atoms with Crippen molar-refractivity contribution in [2.45, 2.75) is 31.1 Å². The highest BCUT2D eigenvalue weighted by Gasteiger charge is 2.22. The third kappa shape index (κ3) is 4.48. The molecular weight excluding hydrogens is 380 g/mol. The molecular formula is C19H20Cl2FNO3. The number of halogens is 3. The molecule has 3 rings (SSSR count). The number of hydrogen-bond acceptors (Lipinski definition) is 4. The number of nitrogens with two attached hydrogens (primary N) is 1. The highest BCUT2D eigenvalue weighted by atomic mass is 35.5. The summed E-state index contributed by atoms with van der Waals surface area (Å²) in [5.41, 5.74) is 7.08. The lowest BCUT2D eigenvalue weighted by Gasteiger charge is -2.24. The summed E-state index contributed by atoms with van der Waals surface area (Å²) in [6.07, 6.45) is 0.296. The van der Waals surface area contributed by atoms with Gasteiger partial charge in [0.05, 0.1) is 35.4 Å². The van der Waals surface area contributed by atoms with Crippen LogP contribution in [0.25, 0.3) is 0 Å². The van der Waals surface area contributed by atoms with Crippen LogP contribution >= 0.6 is 23.2 Å². The van der Waals surface area contributed by atoms with Crippen molar-refractivity contribution in [2.24, 2.45) is 5.73 Å². The smallest absolute Gasteiger partial charge is 0.165 e. The molecule has 0 aromatic heterocycles. The van der Waals surface area contributed by atoms with Crippen LogP contribution in [0.15, 0.2) is 36.4 Å². The topological polar surface area (TPSA) is 64.7 Å². The van der Waals surface area contributed by atoms with Gasteiger partial charge in [0.15, 0.2) is 11.6 Å². The Labute approximate surface area is 161 Å². The Morgan fingerprint density at radius 1 is 1.08 bits per heavy atom. The van der Waals surface area contributed by atoms with Crippen LogP contribution in [0.5, 0.6) is 5.75 Å². The van der Waals surface area contributed by atoms with Crippen LogP contribution in [0.2, 0.25) is 10.0 Å². The van der Waals surface area contributed by atoms with Gasteiger partial charge in [-0.3, -0.25) is 0 Å². The number of hydrogen-bond donors (Lipinski definition) is 2. The van der Waals surface area contributed by atoms with E-state index in [4.69, 9.17) is 38.4 Å². The van der Waals surface area contributed by atoms with E-state index in [9.17, 15) is 9.50 Å². The van der Waals surface area contributed by atoms with E-state index >= 15 is 0 Å². The SMILES string of the molecule is N[C@H](c1ccc(Cl)c(Cl)c1)[C@@H](O)c1ccc(OC2CCOCC2)c(F)c1. The molecule has 0 amide bonds. The molecule has 1 heterocycles. The van der Waals surface area contributed by atoms with E-state index in [1.165, 1.54) is 12.1 Å². The molecule has 0 bridgehead atoms. The van der Waals surface area contributed by atoms with E-state index in [2.05, 4.69) is 0 Å². The van der Waals surface area contributed by atoms with Crippen LogP contribution in [0, 0.1) is 5.82 Å². The molecule has 0 aliphatic carbocycles. The van der Waals surface area contributed by atoms with Crippen molar-refractivity contribution in [1.82, 2.24) is 0 Å². The highest BCUT2D eigenvalue weighted by Crippen LogP contribution is 2.33. The van der Waals surface area contributed by atoms with Gasteiger partial charge in [-0.15, -0.1) is 0 Å². The van der Waals surface area contributed by atoms with Gasteiger partial charge in [-0.2, -0.15) is 0 Å². The zero-order chi connectivity index (χ0) is 18.7. The minimum atomic E-state index is -1.10. The molecule has 1 saturated heterocycles. The van der Waals surface area contributed by atoms with Gasteiger partial charge >= 0.3 is 0 Å². The summed E-state index contributed by atoms with van der Waals surface area (Å²) in [7, 11) is 0. The maximum Gasteiger partial charge on any atom is 0.165 e. The number of benzene rings is 2. The Morgan fingerprint density at radius 3 is 2.42 bits per heavy atom. The van der Waals surface area contributed by atoms with Gasteiger partial charge in [-0.05, 0) is 35.4 Å². The second kappa shape index (κ2) is 8.55. The summed E-state index contributed by atoms with van der Waals surface area (Å²) < 4.78 is 25.4. The molecule has 1 aliphatic heterocycles. The minimum Gasteiger partial charge on any atom is -0.487 e. The Kier molecular flexibility index (Phi) is 6.37. The van der Waals surface area contributed by atoms with Gasteiger partial charge in [0.1, 0.15) is 6.10 Å². The summed E-state index contributed by atoms with van der Waals surface area (Å²) >= 11 is 11.9. The lowest BCUT2D eigenvalue weighted by Crippen LogP contribution is -2.26. The predicted octanol–water partition coefficient (Wildman–Crippen LogP) is 4.42. The standard InChI is InChI=1S/C19H20Cl2FNO3/c20-14-3-1-11(9-15(14)21)18(23)19(24)12-2-4-17(16(22)10-12)26-13-5-7-25-8-6-13/h1-4,9-10,13,18-19,24H,5-8,23H2/t18-,19+/m1/s1. The Bertz CT molecular complexity index is 768. The molecule has 3 N–H and O–H groups in total. The Balaban J connectivity index is 1.73. The fraction of sp³-hybridized carbons (Fsp3) is 0.368. The third-order valence-corrected chi connectivity index (χ3v) is 5.17. The quantitative estimate of drug-likeness (QED) is 0.780. The Hall–Kier alpha value is -1.37. The first kappa shape index (κ1) is 19.4. The highest BCUT2D eigenvalue weighted by molar-refractivity contribution is 6.42. The number of aliphatic hydroxyl groups excluding tert-OH is 1. The van der Waals surface area contributed by atoms with Crippen molar-refractivity contribution in [1.29, 1.82) is 0 Å². The second-order valence-corrected chi connectivity index (χ2v) is 7.08. The number of ether oxygens (including phenoxy) is 2. The number of aliphatic hydroxyl groups is 1. The molecule has 0 spiro atoms. The molecule has 1 aliphatic rings. The maximum absolute atomic E-state index is 14.4. The van der Waals surface area contributed by atoms with Gasteiger partial charge in [0.2, 0.25) is 0 Å². The van der Waals surface area contributed by atoms with Gasteiger partial charge in [-0.1, -0.05) is 35.3 Å². The van der Waals surface area contributed by atoms with Crippen LogP contribution in [-0.4, -0.2) is 24.4 Å². The Morgan fingerprint density at radius 2 is 1.77 bits per heavy atom. The number of rotatable bonds is 5. The predicted molar refractivity (Wildman–Crippen MR) is 99.2 cm³/mol. The molecule has 1 fully saturated rings. The van der Waals surface area contributed by atoms with Crippen LogP contribution < -0.4 is 10.5 Å². The average Bonchev–Trinajstić information content (AvgIpc) is 2.65. The lowest BCUT2D eigenvalue weighted by molar-refractivity contribution is 0.0240. The first-order valence-corrected chi connectivity index (χ1v) is 9.13. The normalized spacial score (nSPS) is 17.7. The molecule has 4 nitrogen and oxygen atoms in total. The van der Waals surface area contributed by atoms with Gasteiger partial charge < -0.3 is 20.3 Å². The van der Waals surface area contributed by atoms with E-state index in [1.807, 2.05) is 0 Å². The van der Waals surface area contributed by atoms with Crippen LogP contribution in [0.4, 0.5) is 4.39 Å². The summed E-state index contributed by atoms with van der Waals surface area (Å²) in [4.78, 5) is 0. The molecule has 140 valence electrons. The third-order valence-electron chi connectivity index (χ3n) is 4.43. The molecule has 2 aromatic carbocycles. The first-order valence-electron chi connectivity index (χ1n) is 8.38.